The fraction of sp³-hybridized carbons (Fsp3) is 0.346. The maximum atomic E-state index is 13.3. The largest absolute Gasteiger partial charge is 0.339 e. The van der Waals surface area contributed by atoms with Crippen molar-refractivity contribution < 1.29 is 9.59 Å². The number of likely N-dealkylation sites (tertiary alicyclic amines) is 1. The summed E-state index contributed by atoms with van der Waals surface area (Å²) in [6.07, 6.45) is 3.58. The minimum atomic E-state index is -0.376. The molecule has 0 spiro atoms. The third-order valence-corrected chi connectivity index (χ3v) is 5.96. The first-order chi connectivity index (χ1) is 15.5. The van der Waals surface area contributed by atoms with E-state index in [1.54, 1.807) is 9.80 Å². The summed E-state index contributed by atoms with van der Waals surface area (Å²) < 4.78 is 1.86. The molecule has 166 valence electrons. The molecular formula is C26H30N4O2. The zero-order chi connectivity index (χ0) is 22.7. The summed E-state index contributed by atoms with van der Waals surface area (Å²) >= 11 is 0. The Kier molecular flexibility index (Phi) is 6.40. The van der Waals surface area contributed by atoms with Crippen LogP contribution < -0.4 is 0 Å². The Morgan fingerprint density at radius 3 is 2.38 bits per heavy atom. The van der Waals surface area contributed by atoms with E-state index in [4.69, 9.17) is 5.10 Å². The number of carbonyl (C=O) groups excluding carboxylic acids is 2. The van der Waals surface area contributed by atoms with E-state index in [2.05, 4.69) is 0 Å². The third kappa shape index (κ3) is 4.44. The van der Waals surface area contributed by atoms with E-state index < -0.39 is 0 Å². The quantitative estimate of drug-likeness (QED) is 0.590. The molecule has 1 aromatic heterocycles. The van der Waals surface area contributed by atoms with Gasteiger partial charge in [-0.15, -0.1) is 0 Å². The predicted molar refractivity (Wildman–Crippen MR) is 125 cm³/mol. The van der Waals surface area contributed by atoms with Crippen LogP contribution in [0.2, 0.25) is 0 Å². The monoisotopic (exact) mass is 430 g/mol. The van der Waals surface area contributed by atoms with Crippen molar-refractivity contribution in [3.05, 3.63) is 72.4 Å². The maximum absolute atomic E-state index is 13.3. The summed E-state index contributed by atoms with van der Waals surface area (Å²) in [5, 5.41) is 4.84. The first-order valence-corrected chi connectivity index (χ1v) is 11.2. The number of nitrogens with zero attached hydrogens (tertiary/aromatic N) is 4. The molecule has 32 heavy (non-hydrogen) atoms. The van der Waals surface area contributed by atoms with Crippen LogP contribution in [0, 0.1) is 5.92 Å². The van der Waals surface area contributed by atoms with Gasteiger partial charge in [-0.25, -0.2) is 4.68 Å². The molecule has 0 bridgehead atoms. The molecule has 1 fully saturated rings. The van der Waals surface area contributed by atoms with Gasteiger partial charge in [-0.05, 0) is 25.0 Å². The van der Waals surface area contributed by atoms with Crippen LogP contribution in [0.5, 0.6) is 0 Å². The second-order valence-corrected chi connectivity index (χ2v) is 8.69. The van der Waals surface area contributed by atoms with Gasteiger partial charge in [-0.1, -0.05) is 62.4 Å². The van der Waals surface area contributed by atoms with Gasteiger partial charge in [0.15, 0.2) is 0 Å². The number of rotatable bonds is 6. The Bertz CT molecular complexity index is 1080. The zero-order valence-corrected chi connectivity index (χ0v) is 18.9. The number of hydrogen-bond donors (Lipinski definition) is 0. The molecule has 4 rings (SSSR count). The lowest BCUT2D eigenvalue weighted by atomic mass is 10.1. The smallest absolute Gasteiger partial charge is 0.245 e. The van der Waals surface area contributed by atoms with Crippen LogP contribution >= 0.6 is 0 Å². The van der Waals surface area contributed by atoms with E-state index >= 15 is 0 Å². The molecule has 6 nitrogen and oxygen atoms in total. The molecule has 0 radical (unpaired) electrons. The molecule has 0 saturated carbocycles. The summed E-state index contributed by atoms with van der Waals surface area (Å²) in [6, 6.07) is 19.6. The molecule has 1 saturated heterocycles. The van der Waals surface area contributed by atoms with Gasteiger partial charge in [0.05, 0.1) is 11.4 Å². The Labute approximate surface area is 189 Å². The number of carbonyl (C=O) groups is 2. The van der Waals surface area contributed by atoms with Crippen molar-refractivity contribution >= 4 is 11.8 Å². The average molecular weight is 431 g/mol. The standard InChI is InChI=1S/C26H30N4O2/c1-19(2)25(31)29-16-10-15-23(29)26(32)28(3)17-21-18-30(22-13-8-5-9-14-22)27-24(21)20-11-6-4-7-12-20/h4-9,11-14,18-19,23H,10,15-17H2,1-3H3. The second-order valence-electron chi connectivity index (χ2n) is 8.69. The molecule has 2 heterocycles. The van der Waals surface area contributed by atoms with Crippen LogP contribution in [0.4, 0.5) is 0 Å². The summed E-state index contributed by atoms with van der Waals surface area (Å²) in [5.41, 5.74) is 3.80. The summed E-state index contributed by atoms with van der Waals surface area (Å²) in [5.74, 6) is -0.0680. The van der Waals surface area contributed by atoms with Crippen molar-refractivity contribution in [2.45, 2.75) is 39.3 Å². The van der Waals surface area contributed by atoms with E-state index in [-0.39, 0.29) is 23.8 Å². The maximum Gasteiger partial charge on any atom is 0.245 e. The first kappa shape index (κ1) is 21.8. The predicted octanol–water partition coefficient (Wildman–Crippen LogP) is 4.14. The number of amides is 2. The molecule has 3 aromatic rings. The Balaban J connectivity index is 1.61. The van der Waals surface area contributed by atoms with Gasteiger partial charge >= 0.3 is 0 Å². The Hall–Kier alpha value is -3.41. The molecule has 6 heteroatoms. The van der Waals surface area contributed by atoms with Crippen LogP contribution in [0.1, 0.15) is 32.3 Å². The summed E-state index contributed by atoms with van der Waals surface area (Å²) in [4.78, 5) is 29.4. The molecule has 1 unspecified atom stereocenters. The minimum Gasteiger partial charge on any atom is -0.339 e. The molecule has 2 aromatic carbocycles. The van der Waals surface area contributed by atoms with Crippen molar-refractivity contribution in [3.63, 3.8) is 0 Å². The van der Waals surface area contributed by atoms with Crippen molar-refractivity contribution in [2.24, 2.45) is 5.92 Å². The highest BCUT2D eigenvalue weighted by Gasteiger charge is 2.36. The molecule has 1 aliphatic heterocycles. The number of benzene rings is 2. The SMILES string of the molecule is CC(C)C(=O)N1CCCC1C(=O)N(C)Cc1cn(-c2ccccc2)nc1-c1ccccc1. The van der Waals surface area contributed by atoms with Crippen LogP contribution in [0.25, 0.3) is 16.9 Å². The molecule has 1 aliphatic rings. The van der Waals surface area contributed by atoms with Gasteiger partial charge in [-0.2, -0.15) is 5.10 Å². The van der Waals surface area contributed by atoms with Gasteiger partial charge in [-0.3, -0.25) is 9.59 Å². The van der Waals surface area contributed by atoms with Crippen molar-refractivity contribution in [1.82, 2.24) is 19.6 Å². The second kappa shape index (κ2) is 9.39. The molecule has 0 aliphatic carbocycles. The normalized spacial score (nSPS) is 15.9. The number of aromatic nitrogens is 2. The van der Waals surface area contributed by atoms with Crippen LogP contribution in [-0.4, -0.2) is 51.0 Å². The molecule has 2 amide bonds. The lowest BCUT2D eigenvalue weighted by molar-refractivity contribution is -0.145. The van der Waals surface area contributed by atoms with Crippen LogP contribution in [0.3, 0.4) is 0 Å². The first-order valence-electron chi connectivity index (χ1n) is 11.2. The molecule has 1 atom stereocenters. The number of hydrogen-bond acceptors (Lipinski definition) is 3. The molecule has 0 N–H and O–H groups in total. The van der Waals surface area contributed by atoms with Crippen LogP contribution in [0.15, 0.2) is 66.9 Å². The van der Waals surface area contributed by atoms with Gasteiger partial charge in [0.2, 0.25) is 11.8 Å². The van der Waals surface area contributed by atoms with E-state index in [1.165, 1.54) is 0 Å². The number of likely N-dealkylation sites (N-methyl/N-ethyl adjacent to an activating group) is 1. The van der Waals surface area contributed by atoms with Gasteiger partial charge < -0.3 is 9.80 Å². The lowest BCUT2D eigenvalue weighted by Gasteiger charge is -2.29. The zero-order valence-electron chi connectivity index (χ0n) is 18.9. The summed E-state index contributed by atoms with van der Waals surface area (Å²) in [7, 11) is 1.81. The van der Waals surface area contributed by atoms with Gasteiger partial charge in [0.25, 0.3) is 0 Å². The highest BCUT2D eigenvalue weighted by molar-refractivity contribution is 5.89. The van der Waals surface area contributed by atoms with E-state index in [9.17, 15) is 9.59 Å². The fourth-order valence-corrected chi connectivity index (χ4v) is 4.28. The fourth-order valence-electron chi connectivity index (χ4n) is 4.28. The van der Waals surface area contributed by atoms with Crippen molar-refractivity contribution in [2.75, 3.05) is 13.6 Å². The number of para-hydroxylation sites is 1. The van der Waals surface area contributed by atoms with E-state index in [0.717, 1.165) is 35.3 Å². The lowest BCUT2D eigenvalue weighted by Crippen LogP contribution is -2.47. The topological polar surface area (TPSA) is 58.4 Å². The Morgan fingerprint density at radius 1 is 1.06 bits per heavy atom. The van der Waals surface area contributed by atoms with Crippen LogP contribution in [-0.2, 0) is 16.1 Å². The average Bonchev–Trinajstić information content (AvgIpc) is 3.47. The minimum absolute atomic E-state index is 0.0111. The van der Waals surface area contributed by atoms with E-state index in [1.807, 2.05) is 92.4 Å². The highest BCUT2D eigenvalue weighted by atomic mass is 16.2. The molecular weight excluding hydrogens is 400 g/mol. The Morgan fingerprint density at radius 2 is 1.72 bits per heavy atom. The van der Waals surface area contributed by atoms with Gasteiger partial charge in [0.1, 0.15) is 6.04 Å². The van der Waals surface area contributed by atoms with Crippen molar-refractivity contribution in [3.8, 4) is 16.9 Å². The van der Waals surface area contributed by atoms with E-state index in [0.29, 0.717) is 13.1 Å². The van der Waals surface area contributed by atoms with Gasteiger partial charge in [0, 0.05) is 43.4 Å². The third-order valence-electron chi connectivity index (χ3n) is 5.96. The highest BCUT2D eigenvalue weighted by Crippen LogP contribution is 2.26. The van der Waals surface area contributed by atoms with Crippen molar-refractivity contribution in [1.29, 1.82) is 0 Å². The summed E-state index contributed by atoms with van der Waals surface area (Å²) in [6.45, 7) is 4.85.